The molecule has 0 aliphatic carbocycles. The summed E-state index contributed by atoms with van der Waals surface area (Å²) in [5, 5.41) is 2.32. The molecule has 3 aromatic carbocycles. The Hall–Kier alpha value is -3.57. The Bertz CT molecular complexity index is 1530. The van der Waals surface area contributed by atoms with Crippen LogP contribution in [0.15, 0.2) is 72.8 Å². The van der Waals surface area contributed by atoms with Gasteiger partial charge in [0.1, 0.15) is 12.6 Å². The van der Waals surface area contributed by atoms with Crippen molar-refractivity contribution < 1.29 is 31.2 Å². The van der Waals surface area contributed by atoms with Crippen molar-refractivity contribution in [3.8, 4) is 0 Å². The van der Waals surface area contributed by atoms with Crippen molar-refractivity contribution in [3.63, 3.8) is 0 Å². The maximum absolute atomic E-state index is 14.1. The number of alkyl halides is 3. The van der Waals surface area contributed by atoms with Crippen molar-refractivity contribution in [2.24, 2.45) is 0 Å². The molecule has 0 fully saturated rings. The van der Waals surface area contributed by atoms with Crippen LogP contribution in [0.1, 0.15) is 42.5 Å². The summed E-state index contributed by atoms with van der Waals surface area (Å²) in [6.45, 7) is 4.70. The summed E-state index contributed by atoms with van der Waals surface area (Å²) in [5.41, 5.74) is 0.712. The predicted octanol–water partition coefficient (Wildman–Crippen LogP) is 5.99. The van der Waals surface area contributed by atoms with Crippen LogP contribution in [0.5, 0.6) is 0 Å². The maximum Gasteiger partial charge on any atom is 0.417 e. The molecule has 0 aromatic heterocycles. The number of hydrogen-bond donors (Lipinski definition) is 1. The number of nitrogens with one attached hydrogen (secondary N) is 1. The molecule has 0 unspecified atom stereocenters. The molecule has 3 aromatic rings. The fraction of sp³-hybridized carbons (Fsp3) is 0.355. The fourth-order valence-corrected chi connectivity index (χ4v) is 5.53. The standard InChI is InChI=1S/C31H35ClF3N3O4S/c1-5-22(3)36-30(40)28(17-23-12-7-6-8-13-23)37(19-24-14-10-9-11-21(24)2)29(39)20-38(43(4,41)42)25-15-16-27(32)26(18-25)31(33,34)35/h6-16,18,22,28H,5,17,19-20H2,1-4H3,(H,36,40)/t22-,28+/m1/s1. The quantitative estimate of drug-likeness (QED) is 0.264. The third-order valence-corrected chi connectivity index (χ3v) is 8.57. The molecular formula is C31H35ClF3N3O4S. The summed E-state index contributed by atoms with van der Waals surface area (Å²) < 4.78 is 67.2. The summed E-state index contributed by atoms with van der Waals surface area (Å²) in [7, 11) is -4.26. The highest BCUT2D eigenvalue weighted by atomic mass is 35.5. The Labute approximate surface area is 255 Å². The lowest BCUT2D eigenvalue weighted by Crippen LogP contribution is -2.54. The molecule has 0 radical (unpaired) electrons. The number of carbonyl (C=O) groups is 2. The molecule has 12 heteroatoms. The van der Waals surface area contributed by atoms with Crippen molar-refractivity contribution in [2.45, 2.75) is 58.4 Å². The van der Waals surface area contributed by atoms with Crippen LogP contribution in [0.25, 0.3) is 0 Å². The third kappa shape index (κ3) is 9.21. The van der Waals surface area contributed by atoms with Gasteiger partial charge in [0.2, 0.25) is 21.8 Å². The molecular weight excluding hydrogens is 603 g/mol. The molecule has 7 nitrogen and oxygen atoms in total. The van der Waals surface area contributed by atoms with Crippen LogP contribution < -0.4 is 9.62 Å². The molecule has 3 rings (SSSR count). The van der Waals surface area contributed by atoms with Gasteiger partial charge in [0.25, 0.3) is 0 Å². The van der Waals surface area contributed by atoms with Crippen LogP contribution in [-0.4, -0.2) is 50.0 Å². The SMILES string of the molecule is CC[C@@H](C)NC(=O)[C@H](Cc1ccccc1)N(Cc1ccccc1C)C(=O)CN(c1ccc(Cl)c(C(F)(F)F)c1)S(C)(=O)=O. The van der Waals surface area contributed by atoms with Gasteiger partial charge in [0, 0.05) is 19.0 Å². The van der Waals surface area contributed by atoms with Gasteiger partial charge in [-0.15, -0.1) is 0 Å². The van der Waals surface area contributed by atoms with Gasteiger partial charge in [0.05, 0.1) is 22.5 Å². The molecule has 0 saturated carbocycles. The summed E-state index contributed by atoms with van der Waals surface area (Å²) in [4.78, 5) is 29.1. The number of benzene rings is 3. The van der Waals surface area contributed by atoms with Crippen molar-refractivity contribution >= 4 is 39.1 Å². The minimum atomic E-state index is -4.86. The minimum Gasteiger partial charge on any atom is -0.352 e. The Morgan fingerprint density at radius 1 is 1.00 bits per heavy atom. The zero-order valence-electron chi connectivity index (χ0n) is 24.4. The number of amides is 2. The zero-order chi connectivity index (χ0) is 31.9. The Morgan fingerprint density at radius 3 is 2.21 bits per heavy atom. The molecule has 0 saturated heterocycles. The first-order chi connectivity index (χ1) is 20.1. The van der Waals surface area contributed by atoms with Crippen LogP contribution in [0.4, 0.5) is 18.9 Å². The monoisotopic (exact) mass is 637 g/mol. The minimum absolute atomic E-state index is 0.0387. The van der Waals surface area contributed by atoms with Gasteiger partial charge in [-0.3, -0.25) is 13.9 Å². The topological polar surface area (TPSA) is 86.8 Å². The number of hydrogen-bond acceptors (Lipinski definition) is 4. The number of sulfonamides is 1. The van der Waals surface area contributed by atoms with Gasteiger partial charge in [-0.05, 0) is 55.2 Å². The molecule has 0 aliphatic heterocycles. The van der Waals surface area contributed by atoms with Crippen LogP contribution in [0, 0.1) is 6.92 Å². The van der Waals surface area contributed by atoms with Crippen molar-refractivity contribution in [2.75, 3.05) is 17.1 Å². The summed E-state index contributed by atoms with van der Waals surface area (Å²) in [5.74, 6) is -1.20. The maximum atomic E-state index is 14.1. The Morgan fingerprint density at radius 2 is 1.63 bits per heavy atom. The van der Waals surface area contributed by atoms with E-state index in [9.17, 15) is 31.2 Å². The molecule has 0 heterocycles. The van der Waals surface area contributed by atoms with E-state index in [-0.39, 0.29) is 24.7 Å². The summed E-state index contributed by atoms with van der Waals surface area (Å²) in [6, 6.07) is 17.7. The largest absolute Gasteiger partial charge is 0.417 e. The second kappa shape index (κ2) is 14.3. The van der Waals surface area contributed by atoms with E-state index in [1.807, 2.05) is 51.1 Å². The molecule has 0 spiro atoms. The highest BCUT2D eigenvalue weighted by Gasteiger charge is 2.36. The second-order valence-electron chi connectivity index (χ2n) is 10.4. The molecule has 1 N–H and O–H groups in total. The van der Waals surface area contributed by atoms with Gasteiger partial charge in [-0.25, -0.2) is 8.42 Å². The summed E-state index contributed by atoms with van der Waals surface area (Å²) >= 11 is 5.76. The molecule has 43 heavy (non-hydrogen) atoms. The van der Waals surface area contributed by atoms with E-state index in [0.29, 0.717) is 16.8 Å². The number of aryl methyl sites for hydroxylation is 1. The average Bonchev–Trinajstić information content (AvgIpc) is 2.94. The van der Waals surface area contributed by atoms with Gasteiger partial charge in [-0.1, -0.05) is 73.1 Å². The fourth-order valence-electron chi connectivity index (χ4n) is 4.47. The van der Waals surface area contributed by atoms with Gasteiger partial charge in [-0.2, -0.15) is 13.2 Å². The Kier molecular flexibility index (Phi) is 11.3. The lowest BCUT2D eigenvalue weighted by molar-refractivity contribution is -0.140. The number of nitrogens with zero attached hydrogens (tertiary/aromatic N) is 2. The van der Waals surface area contributed by atoms with Crippen LogP contribution >= 0.6 is 11.6 Å². The molecule has 232 valence electrons. The third-order valence-electron chi connectivity index (χ3n) is 7.10. The lowest BCUT2D eigenvalue weighted by Gasteiger charge is -2.34. The Balaban J connectivity index is 2.12. The number of halogens is 4. The first-order valence-corrected chi connectivity index (χ1v) is 15.9. The van der Waals surface area contributed by atoms with Crippen LogP contribution in [0.3, 0.4) is 0 Å². The predicted molar refractivity (Wildman–Crippen MR) is 162 cm³/mol. The van der Waals surface area contributed by atoms with Gasteiger partial charge < -0.3 is 10.2 Å². The van der Waals surface area contributed by atoms with E-state index >= 15 is 0 Å². The highest BCUT2D eigenvalue weighted by molar-refractivity contribution is 7.92. The van der Waals surface area contributed by atoms with Crippen LogP contribution in [0.2, 0.25) is 5.02 Å². The number of anilines is 1. The van der Waals surface area contributed by atoms with Gasteiger partial charge in [0.15, 0.2) is 0 Å². The average molecular weight is 638 g/mol. The molecule has 0 aliphatic rings. The van der Waals surface area contributed by atoms with E-state index in [1.165, 1.54) is 4.90 Å². The normalized spacial score (nSPS) is 13.2. The smallest absolute Gasteiger partial charge is 0.352 e. The molecule has 0 bridgehead atoms. The van der Waals surface area contributed by atoms with Crippen molar-refractivity contribution in [1.82, 2.24) is 10.2 Å². The second-order valence-corrected chi connectivity index (χ2v) is 12.7. The van der Waals surface area contributed by atoms with Crippen molar-refractivity contribution in [1.29, 1.82) is 0 Å². The van der Waals surface area contributed by atoms with E-state index in [4.69, 9.17) is 11.6 Å². The van der Waals surface area contributed by atoms with E-state index in [2.05, 4.69) is 5.32 Å². The van der Waals surface area contributed by atoms with Gasteiger partial charge >= 0.3 is 6.18 Å². The first kappa shape index (κ1) is 33.9. The molecule has 2 amide bonds. The number of rotatable bonds is 12. The lowest BCUT2D eigenvalue weighted by atomic mass is 10.0. The van der Waals surface area contributed by atoms with Crippen molar-refractivity contribution in [3.05, 3.63) is 100 Å². The van der Waals surface area contributed by atoms with E-state index < -0.39 is 51.2 Å². The van der Waals surface area contributed by atoms with E-state index in [0.717, 1.165) is 35.1 Å². The summed E-state index contributed by atoms with van der Waals surface area (Å²) in [6.07, 6.45) is -3.30. The van der Waals surface area contributed by atoms with E-state index in [1.54, 1.807) is 24.3 Å². The number of carbonyl (C=O) groups excluding carboxylic acids is 2. The highest BCUT2D eigenvalue weighted by Crippen LogP contribution is 2.37. The zero-order valence-corrected chi connectivity index (χ0v) is 25.9. The molecule has 2 atom stereocenters. The van der Waals surface area contributed by atoms with Crippen LogP contribution in [-0.2, 0) is 38.8 Å². The first-order valence-electron chi connectivity index (χ1n) is 13.6.